The molecule has 2 heteroatoms. The molecule has 2 saturated carbocycles. The molecule has 0 aromatic rings. The van der Waals surface area contributed by atoms with E-state index in [0.717, 1.165) is 37.6 Å². The van der Waals surface area contributed by atoms with Crippen molar-refractivity contribution in [3.8, 4) is 0 Å². The Hall–Kier alpha value is -0.0800. The average molecular weight is 296 g/mol. The van der Waals surface area contributed by atoms with Gasteiger partial charge >= 0.3 is 0 Å². The lowest BCUT2D eigenvalue weighted by atomic mass is 9.71. The molecular weight excluding hydrogens is 258 g/mol. The van der Waals surface area contributed by atoms with E-state index in [0.29, 0.717) is 5.92 Å². The van der Waals surface area contributed by atoms with Gasteiger partial charge in [-0.05, 0) is 43.6 Å². The van der Waals surface area contributed by atoms with E-state index >= 15 is 0 Å². The van der Waals surface area contributed by atoms with E-state index in [-0.39, 0.29) is 0 Å². The van der Waals surface area contributed by atoms with Crippen molar-refractivity contribution >= 4 is 0 Å². The zero-order valence-corrected chi connectivity index (χ0v) is 14.4. The summed E-state index contributed by atoms with van der Waals surface area (Å²) in [6.07, 6.45) is 14.4. The first-order valence-electron chi connectivity index (χ1n) is 9.58. The fourth-order valence-corrected chi connectivity index (χ4v) is 4.32. The minimum absolute atomic E-state index is 0.659. The molecule has 2 unspecified atom stereocenters. The fraction of sp³-hybridized carbons (Fsp3) is 1.00. The van der Waals surface area contributed by atoms with Gasteiger partial charge in [0.05, 0.1) is 0 Å². The molecule has 2 aliphatic carbocycles. The van der Waals surface area contributed by atoms with Gasteiger partial charge in [-0.2, -0.15) is 0 Å². The van der Waals surface area contributed by atoms with Crippen LogP contribution in [0.3, 0.4) is 0 Å². The highest BCUT2D eigenvalue weighted by molar-refractivity contribution is 4.86. The van der Waals surface area contributed by atoms with Gasteiger partial charge in [0, 0.05) is 19.3 Å². The van der Waals surface area contributed by atoms with Crippen LogP contribution in [0.15, 0.2) is 0 Å². The molecule has 2 aliphatic rings. The predicted octanol–water partition coefficient (Wildman–Crippen LogP) is 4.78. The number of hydrogen-bond acceptors (Lipinski definition) is 2. The first-order valence-corrected chi connectivity index (χ1v) is 9.58. The van der Waals surface area contributed by atoms with Crippen molar-refractivity contribution in [3.05, 3.63) is 0 Å². The van der Waals surface area contributed by atoms with Crippen molar-refractivity contribution in [1.82, 2.24) is 5.32 Å². The summed E-state index contributed by atoms with van der Waals surface area (Å²) < 4.78 is 5.69. The molecule has 0 aliphatic heterocycles. The summed E-state index contributed by atoms with van der Waals surface area (Å²) in [7, 11) is 0. The summed E-state index contributed by atoms with van der Waals surface area (Å²) in [6.45, 7) is 7.41. The predicted molar refractivity (Wildman–Crippen MR) is 90.6 cm³/mol. The summed E-state index contributed by atoms with van der Waals surface area (Å²) in [5, 5.41) is 3.88. The van der Waals surface area contributed by atoms with Gasteiger partial charge in [-0.15, -0.1) is 0 Å². The summed E-state index contributed by atoms with van der Waals surface area (Å²) in [5.74, 6) is 2.65. The van der Waals surface area contributed by atoms with E-state index in [9.17, 15) is 0 Å². The summed E-state index contributed by atoms with van der Waals surface area (Å²) in [5.41, 5.74) is 0. The Morgan fingerprint density at radius 1 is 0.952 bits per heavy atom. The van der Waals surface area contributed by atoms with Gasteiger partial charge in [0.2, 0.25) is 0 Å². The first-order chi connectivity index (χ1) is 10.3. The second-order valence-corrected chi connectivity index (χ2v) is 7.73. The van der Waals surface area contributed by atoms with Gasteiger partial charge in [0.1, 0.15) is 0 Å². The van der Waals surface area contributed by atoms with Crippen LogP contribution in [0.2, 0.25) is 0 Å². The van der Waals surface area contributed by atoms with Crippen molar-refractivity contribution < 1.29 is 4.74 Å². The van der Waals surface area contributed by atoms with E-state index in [1.54, 1.807) is 0 Å². The van der Waals surface area contributed by atoms with Crippen LogP contribution in [0.25, 0.3) is 0 Å². The molecule has 0 aromatic carbocycles. The zero-order chi connectivity index (χ0) is 14.9. The highest BCUT2D eigenvalue weighted by Crippen LogP contribution is 2.38. The third-order valence-electron chi connectivity index (χ3n) is 5.40. The van der Waals surface area contributed by atoms with E-state index in [4.69, 9.17) is 4.74 Å². The van der Waals surface area contributed by atoms with E-state index in [1.165, 1.54) is 64.2 Å². The van der Waals surface area contributed by atoms with Gasteiger partial charge < -0.3 is 10.1 Å². The number of nitrogens with one attached hydrogen (secondary N) is 1. The normalized spacial score (nSPS) is 28.1. The van der Waals surface area contributed by atoms with Gasteiger partial charge in [0.15, 0.2) is 0 Å². The van der Waals surface area contributed by atoms with Crippen molar-refractivity contribution in [2.45, 2.75) is 84.1 Å². The highest BCUT2D eigenvalue weighted by atomic mass is 16.5. The SMILES string of the molecule is CC(C)COCCCNC1CCCCC1C1CCCCC1. The maximum absolute atomic E-state index is 5.69. The van der Waals surface area contributed by atoms with Gasteiger partial charge in [-0.3, -0.25) is 0 Å². The topological polar surface area (TPSA) is 21.3 Å². The standard InChI is InChI=1S/C19H37NO/c1-16(2)15-21-14-8-13-20-19-12-7-6-11-18(19)17-9-4-3-5-10-17/h16-20H,3-15H2,1-2H3. The number of rotatable bonds is 8. The van der Waals surface area contributed by atoms with E-state index in [1.807, 2.05) is 0 Å². The van der Waals surface area contributed by atoms with Crippen LogP contribution < -0.4 is 5.32 Å². The minimum atomic E-state index is 0.659. The number of ether oxygens (including phenoxy) is 1. The molecule has 0 heterocycles. The smallest absolute Gasteiger partial charge is 0.0489 e. The Balaban J connectivity index is 1.64. The molecule has 2 nitrogen and oxygen atoms in total. The maximum atomic E-state index is 5.69. The lowest BCUT2D eigenvalue weighted by Gasteiger charge is -2.39. The molecule has 0 radical (unpaired) electrons. The molecule has 0 bridgehead atoms. The molecular formula is C19H37NO. The molecule has 0 aromatic heterocycles. The van der Waals surface area contributed by atoms with Gasteiger partial charge in [-0.1, -0.05) is 58.8 Å². The molecule has 0 amide bonds. The second kappa shape index (κ2) is 9.84. The quantitative estimate of drug-likeness (QED) is 0.651. The molecule has 124 valence electrons. The zero-order valence-electron chi connectivity index (χ0n) is 14.4. The van der Waals surface area contributed by atoms with E-state index < -0.39 is 0 Å². The van der Waals surface area contributed by atoms with Crippen molar-refractivity contribution in [2.75, 3.05) is 19.8 Å². The molecule has 0 saturated heterocycles. The van der Waals surface area contributed by atoms with Crippen LogP contribution >= 0.6 is 0 Å². The lowest BCUT2D eigenvalue weighted by Crippen LogP contribution is -2.43. The van der Waals surface area contributed by atoms with Crippen LogP contribution in [0.4, 0.5) is 0 Å². The third kappa shape index (κ3) is 6.28. The largest absolute Gasteiger partial charge is 0.381 e. The summed E-state index contributed by atoms with van der Waals surface area (Å²) >= 11 is 0. The molecule has 2 atom stereocenters. The van der Waals surface area contributed by atoms with Crippen molar-refractivity contribution in [1.29, 1.82) is 0 Å². The van der Waals surface area contributed by atoms with Gasteiger partial charge in [0.25, 0.3) is 0 Å². The van der Waals surface area contributed by atoms with Crippen LogP contribution in [0.5, 0.6) is 0 Å². The molecule has 2 rings (SSSR count). The molecule has 1 N–H and O–H groups in total. The first kappa shape index (κ1) is 17.3. The molecule has 2 fully saturated rings. The number of hydrogen-bond donors (Lipinski definition) is 1. The van der Waals surface area contributed by atoms with Crippen LogP contribution in [0, 0.1) is 17.8 Å². The highest BCUT2D eigenvalue weighted by Gasteiger charge is 2.31. The Kier molecular flexibility index (Phi) is 8.10. The van der Waals surface area contributed by atoms with Gasteiger partial charge in [-0.25, -0.2) is 0 Å². The Morgan fingerprint density at radius 2 is 1.67 bits per heavy atom. The Labute approximate surface area is 132 Å². The Bertz CT molecular complexity index is 260. The van der Waals surface area contributed by atoms with Crippen LogP contribution in [-0.4, -0.2) is 25.8 Å². The molecule has 21 heavy (non-hydrogen) atoms. The lowest BCUT2D eigenvalue weighted by molar-refractivity contribution is 0.103. The monoisotopic (exact) mass is 295 g/mol. The van der Waals surface area contributed by atoms with Crippen LogP contribution in [-0.2, 0) is 4.74 Å². The third-order valence-corrected chi connectivity index (χ3v) is 5.40. The average Bonchev–Trinajstić information content (AvgIpc) is 2.52. The van der Waals surface area contributed by atoms with Crippen molar-refractivity contribution in [2.24, 2.45) is 17.8 Å². The minimum Gasteiger partial charge on any atom is -0.381 e. The van der Waals surface area contributed by atoms with E-state index in [2.05, 4.69) is 19.2 Å². The summed E-state index contributed by atoms with van der Waals surface area (Å²) in [4.78, 5) is 0. The second-order valence-electron chi connectivity index (χ2n) is 7.73. The Morgan fingerprint density at radius 3 is 2.43 bits per heavy atom. The maximum Gasteiger partial charge on any atom is 0.0489 e. The molecule has 0 spiro atoms. The van der Waals surface area contributed by atoms with Crippen LogP contribution in [0.1, 0.15) is 78.1 Å². The fourth-order valence-electron chi connectivity index (χ4n) is 4.32. The summed E-state index contributed by atoms with van der Waals surface area (Å²) in [6, 6.07) is 0.798. The van der Waals surface area contributed by atoms with Crippen molar-refractivity contribution in [3.63, 3.8) is 0 Å².